The molecule has 1 heteroatoms. The lowest BCUT2D eigenvalue weighted by atomic mass is 9.98. The number of hydrogen-bond acceptors (Lipinski definition) is 1. The van der Waals surface area contributed by atoms with Crippen LogP contribution in [0.25, 0.3) is 32.7 Å². The number of rotatable bonds is 6. The van der Waals surface area contributed by atoms with Crippen molar-refractivity contribution < 1.29 is 4.74 Å². The fourth-order valence-electron chi connectivity index (χ4n) is 4.76. The van der Waals surface area contributed by atoms with E-state index in [-0.39, 0.29) is 0 Å². The molecule has 0 saturated heterocycles. The van der Waals surface area contributed by atoms with E-state index in [0.717, 1.165) is 25.2 Å². The summed E-state index contributed by atoms with van der Waals surface area (Å²) in [5, 5.41) is 5.38. The second-order valence-electron chi connectivity index (χ2n) is 8.38. The summed E-state index contributed by atoms with van der Waals surface area (Å²) in [5.74, 6) is 0.991. The van der Waals surface area contributed by atoms with Crippen molar-refractivity contribution in [1.82, 2.24) is 0 Å². The molecule has 0 heterocycles. The first-order valence-corrected chi connectivity index (χ1v) is 11.0. The monoisotopic (exact) mass is 380 g/mol. The van der Waals surface area contributed by atoms with Gasteiger partial charge in [-0.2, -0.15) is 0 Å². The molecule has 0 aliphatic heterocycles. The van der Waals surface area contributed by atoms with Crippen LogP contribution in [0.2, 0.25) is 0 Å². The lowest BCUT2D eigenvalue weighted by Crippen LogP contribution is -1.97. The number of unbranched alkanes of at least 4 members (excludes halogenated alkanes) is 3. The van der Waals surface area contributed by atoms with E-state index < -0.39 is 0 Å². The second kappa shape index (κ2) is 7.55. The van der Waals surface area contributed by atoms with Gasteiger partial charge in [-0.25, -0.2) is 0 Å². The third kappa shape index (κ3) is 3.29. The van der Waals surface area contributed by atoms with Gasteiger partial charge in [-0.1, -0.05) is 80.3 Å². The Hall–Kier alpha value is -2.80. The maximum Gasteiger partial charge on any atom is 0.119 e. The molecular weight excluding hydrogens is 352 g/mol. The molecular formula is C28H28O. The predicted molar refractivity (Wildman–Crippen MR) is 124 cm³/mol. The van der Waals surface area contributed by atoms with Crippen molar-refractivity contribution in [2.75, 3.05) is 6.61 Å². The predicted octanol–water partition coefficient (Wildman–Crippen LogP) is 7.83. The van der Waals surface area contributed by atoms with E-state index in [0.29, 0.717) is 0 Å². The quantitative estimate of drug-likeness (QED) is 0.273. The lowest BCUT2D eigenvalue weighted by molar-refractivity contribution is 0.305. The summed E-state index contributed by atoms with van der Waals surface area (Å²) in [5.41, 5.74) is 7.04. The maximum absolute atomic E-state index is 6.01. The van der Waals surface area contributed by atoms with E-state index >= 15 is 0 Å². The van der Waals surface area contributed by atoms with Crippen molar-refractivity contribution in [2.45, 2.75) is 46.0 Å². The van der Waals surface area contributed by atoms with Crippen molar-refractivity contribution in [3.8, 4) is 16.9 Å². The minimum absolute atomic E-state index is 0.813. The number of benzene rings is 4. The van der Waals surface area contributed by atoms with Crippen LogP contribution in [0.3, 0.4) is 0 Å². The standard InChI is InChI=1S/C28H28O/c1-3-4-5-6-15-29-22-10-14-24-21(17-22)9-13-26-25-12-8-20-16-19(2)7-11-23(20)27(25)18-28(24)26/h7-14,16-17H,3-6,15,18H2,1-2H3. The molecule has 29 heavy (non-hydrogen) atoms. The van der Waals surface area contributed by atoms with Gasteiger partial charge in [0.2, 0.25) is 0 Å². The molecule has 0 spiro atoms. The number of hydrogen-bond donors (Lipinski definition) is 0. The summed E-state index contributed by atoms with van der Waals surface area (Å²) < 4.78 is 6.01. The van der Waals surface area contributed by atoms with Gasteiger partial charge in [0, 0.05) is 0 Å². The average molecular weight is 381 g/mol. The summed E-state index contributed by atoms with van der Waals surface area (Å²) >= 11 is 0. The Bertz CT molecular complexity index is 1200. The zero-order chi connectivity index (χ0) is 19.8. The SMILES string of the molecule is CCCCCCOc1ccc2c3c(ccc2c1)-c1ccc2cc(C)ccc2c1C3. The highest BCUT2D eigenvalue weighted by Gasteiger charge is 2.22. The van der Waals surface area contributed by atoms with Crippen LogP contribution >= 0.6 is 0 Å². The molecule has 0 aromatic heterocycles. The summed E-state index contributed by atoms with van der Waals surface area (Å²) in [6.07, 6.45) is 5.96. The lowest BCUT2D eigenvalue weighted by Gasteiger charge is -2.10. The highest BCUT2D eigenvalue weighted by atomic mass is 16.5. The molecule has 0 saturated carbocycles. The molecule has 5 rings (SSSR count). The van der Waals surface area contributed by atoms with Crippen LogP contribution in [0, 0.1) is 6.92 Å². The third-order valence-corrected chi connectivity index (χ3v) is 6.30. The molecule has 0 amide bonds. The van der Waals surface area contributed by atoms with Crippen molar-refractivity contribution in [2.24, 2.45) is 0 Å². The first-order valence-electron chi connectivity index (χ1n) is 11.0. The number of ether oxygens (including phenoxy) is 1. The largest absolute Gasteiger partial charge is 0.494 e. The molecule has 0 bridgehead atoms. The smallest absolute Gasteiger partial charge is 0.119 e. The fourth-order valence-corrected chi connectivity index (χ4v) is 4.76. The zero-order valence-corrected chi connectivity index (χ0v) is 17.4. The van der Waals surface area contributed by atoms with Crippen LogP contribution in [-0.2, 0) is 6.42 Å². The third-order valence-electron chi connectivity index (χ3n) is 6.30. The van der Waals surface area contributed by atoms with Gasteiger partial charge in [-0.3, -0.25) is 0 Å². The molecule has 4 aromatic rings. The van der Waals surface area contributed by atoms with E-state index in [1.807, 2.05) is 0 Å². The molecule has 0 radical (unpaired) electrons. The van der Waals surface area contributed by atoms with Crippen LogP contribution in [-0.4, -0.2) is 6.61 Å². The molecule has 0 unspecified atom stereocenters. The van der Waals surface area contributed by atoms with Crippen LogP contribution in [0.4, 0.5) is 0 Å². The van der Waals surface area contributed by atoms with Crippen LogP contribution in [0.1, 0.15) is 49.3 Å². The summed E-state index contributed by atoms with van der Waals surface area (Å²) in [4.78, 5) is 0. The normalized spacial score (nSPS) is 12.3. The van der Waals surface area contributed by atoms with Crippen molar-refractivity contribution >= 4 is 21.5 Å². The van der Waals surface area contributed by atoms with Crippen molar-refractivity contribution in [3.05, 3.63) is 77.4 Å². The minimum atomic E-state index is 0.813. The summed E-state index contributed by atoms with van der Waals surface area (Å²) in [7, 11) is 0. The number of aryl methyl sites for hydroxylation is 1. The summed E-state index contributed by atoms with van der Waals surface area (Å²) in [6, 6.07) is 22.6. The first-order chi connectivity index (χ1) is 14.2. The van der Waals surface area contributed by atoms with E-state index in [1.54, 1.807) is 0 Å². The van der Waals surface area contributed by atoms with Crippen molar-refractivity contribution in [1.29, 1.82) is 0 Å². The maximum atomic E-state index is 6.01. The molecule has 0 N–H and O–H groups in total. The highest BCUT2D eigenvalue weighted by Crippen LogP contribution is 2.43. The van der Waals surface area contributed by atoms with Crippen LogP contribution in [0.15, 0.2) is 60.7 Å². The molecule has 1 aliphatic carbocycles. The van der Waals surface area contributed by atoms with Gasteiger partial charge in [0.05, 0.1) is 6.61 Å². The average Bonchev–Trinajstić information content (AvgIpc) is 3.12. The van der Waals surface area contributed by atoms with E-state index in [2.05, 4.69) is 74.5 Å². The fraction of sp³-hybridized carbons (Fsp3) is 0.286. The zero-order valence-electron chi connectivity index (χ0n) is 17.4. The van der Waals surface area contributed by atoms with Gasteiger partial charge >= 0.3 is 0 Å². The Morgan fingerprint density at radius 3 is 2.14 bits per heavy atom. The van der Waals surface area contributed by atoms with Gasteiger partial charge < -0.3 is 4.74 Å². The van der Waals surface area contributed by atoms with Crippen molar-refractivity contribution in [3.63, 3.8) is 0 Å². The second-order valence-corrected chi connectivity index (χ2v) is 8.38. The summed E-state index contributed by atoms with van der Waals surface area (Å²) in [6.45, 7) is 5.22. The van der Waals surface area contributed by atoms with Gasteiger partial charge in [0.15, 0.2) is 0 Å². The molecule has 0 atom stereocenters. The number of fused-ring (bicyclic) bond motifs is 7. The van der Waals surface area contributed by atoms with Gasteiger partial charge in [-0.15, -0.1) is 0 Å². The Kier molecular flexibility index (Phi) is 4.75. The van der Waals surface area contributed by atoms with E-state index in [9.17, 15) is 0 Å². The first kappa shape index (κ1) is 18.2. The van der Waals surface area contributed by atoms with Gasteiger partial charge in [0.25, 0.3) is 0 Å². The van der Waals surface area contributed by atoms with Gasteiger partial charge in [0.1, 0.15) is 5.75 Å². The molecule has 1 nitrogen and oxygen atoms in total. The Morgan fingerprint density at radius 1 is 0.724 bits per heavy atom. The van der Waals surface area contributed by atoms with Crippen LogP contribution < -0.4 is 4.74 Å². The molecule has 1 aliphatic rings. The van der Waals surface area contributed by atoms with Crippen LogP contribution in [0.5, 0.6) is 5.75 Å². The minimum Gasteiger partial charge on any atom is -0.494 e. The Morgan fingerprint density at radius 2 is 1.41 bits per heavy atom. The molecule has 4 aromatic carbocycles. The highest BCUT2D eigenvalue weighted by molar-refractivity contribution is 6.01. The Labute approximate surface area is 173 Å². The molecule has 146 valence electrons. The Balaban J connectivity index is 1.47. The van der Waals surface area contributed by atoms with E-state index in [1.165, 1.54) is 68.6 Å². The topological polar surface area (TPSA) is 9.23 Å². The van der Waals surface area contributed by atoms with Gasteiger partial charge in [-0.05, 0) is 75.7 Å². The molecule has 0 fully saturated rings. The van der Waals surface area contributed by atoms with E-state index in [4.69, 9.17) is 4.74 Å².